The van der Waals surface area contributed by atoms with E-state index in [-0.39, 0.29) is 19.2 Å². The van der Waals surface area contributed by atoms with Crippen LogP contribution >= 0.6 is 0 Å². The molecule has 0 bridgehead atoms. The van der Waals surface area contributed by atoms with E-state index in [9.17, 15) is 14.7 Å². The Balaban J connectivity index is 2.50. The topological polar surface area (TPSA) is 88.1 Å². The number of carbonyl (C=O) groups is 2. The van der Waals surface area contributed by atoms with E-state index in [1.165, 1.54) is 4.90 Å². The number of rotatable bonds is 2. The van der Waals surface area contributed by atoms with Crippen molar-refractivity contribution in [2.24, 2.45) is 0 Å². The number of hydrogen-bond donors (Lipinski definition) is 2. The number of hydrogen-bond acceptors (Lipinski definition) is 5. The predicted octanol–water partition coefficient (Wildman–Crippen LogP) is 1.10. The molecule has 20 heavy (non-hydrogen) atoms. The molecule has 2 amide bonds. The van der Waals surface area contributed by atoms with Crippen molar-refractivity contribution < 1.29 is 24.2 Å². The highest BCUT2D eigenvalue weighted by atomic mass is 16.6. The van der Waals surface area contributed by atoms with Gasteiger partial charge in [-0.25, -0.2) is 9.59 Å². The van der Waals surface area contributed by atoms with E-state index in [0.717, 1.165) is 0 Å². The Morgan fingerprint density at radius 2 is 1.90 bits per heavy atom. The van der Waals surface area contributed by atoms with Gasteiger partial charge in [-0.15, -0.1) is 0 Å². The maximum Gasteiger partial charge on any atom is 0.410 e. The highest BCUT2D eigenvalue weighted by molar-refractivity contribution is 5.70. The zero-order valence-corrected chi connectivity index (χ0v) is 12.7. The Morgan fingerprint density at radius 3 is 2.40 bits per heavy atom. The van der Waals surface area contributed by atoms with Crippen molar-refractivity contribution in [2.75, 3.05) is 13.1 Å². The van der Waals surface area contributed by atoms with Crippen LogP contribution in [0.4, 0.5) is 9.59 Å². The molecule has 116 valence electrons. The molecule has 1 rings (SSSR count). The number of amides is 2. The van der Waals surface area contributed by atoms with Gasteiger partial charge in [0.2, 0.25) is 0 Å². The predicted molar refractivity (Wildman–Crippen MR) is 72.4 cm³/mol. The second-order valence-corrected chi connectivity index (χ2v) is 6.16. The standard InChI is InChI=1S/C13H24N2O5/c1-8(2)19-11(17)14-9-6-15(7-10(9)16)12(18)20-13(3,4)5/h8-10,16H,6-7H2,1-5H3,(H,14,17)/t9-,10-/m1/s1. The second kappa shape index (κ2) is 6.30. The Bertz CT molecular complexity index is 364. The summed E-state index contributed by atoms with van der Waals surface area (Å²) in [5.41, 5.74) is -0.593. The number of alkyl carbamates (subject to hydrolysis) is 1. The molecule has 2 atom stereocenters. The average molecular weight is 288 g/mol. The summed E-state index contributed by atoms with van der Waals surface area (Å²) in [5, 5.41) is 12.4. The third-order valence-electron chi connectivity index (χ3n) is 2.59. The lowest BCUT2D eigenvalue weighted by Crippen LogP contribution is -2.44. The number of β-amino-alcohol motifs (C(OH)–C–C–N with tert-alkyl or cyclic N) is 1. The van der Waals surface area contributed by atoms with Gasteiger partial charge in [0.25, 0.3) is 0 Å². The molecule has 1 saturated heterocycles. The molecule has 7 heteroatoms. The summed E-state index contributed by atoms with van der Waals surface area (Å²) in [5.74, 6) is 0. The minimum absolute atomic E-state index is 0.127. The summed E-state index contributed by atoms with van der Waals surface area (Å²) in [6.07, 6.45) is -2.18. The van der Waals surface area contributed by atoms with Gasteiger partial charge in [-0.1, -0.05) is 0 Å². The summed E-state index contributed by atoms with van der Waals surface area (Å²) in [6, 6.07) is -0.547. The van der Waals surface area contributed by atoms with Gasteiger partial charge >= 0.3 is 12.2 Å². The van der Waals surface area contributed by atoms with Crippen LogP contribution in [0.25, 0.3) is 0 Å². The molecule has 7 nitrogen and oxygen atoms in total. The fourth-order valence-electron chi connectivity index (χ4n) is 1.80. The molecule has 0 radical (unpaired) electrons. The molecule has 0 aliphatic carbocycles. The lowest BCUT2D eigenvalue weighted by Gasteiger charge is -2.24. The zero-order chi connectivity index (χ0) is 15.5. The van der Waals surface area contributed by atoms with E-state index in [4.69, 9.17) is 9.47 Å². The smallest absolute Gasteiger partial charge is 0.410 e. The summed E-state index contributed by atoms with van der Waals surface area (Å²) in [7, 11) is 0. The SMILES string of the molecule is CC(C)OC(=O)N[C@@H]1CN(C(=O)OC(C)(C)C)C[C@H]1O. The zero-order valence-electron chi connectivity index (χ0n) is 12.7. The Kier molecular flexibility index (Phi) is 5.21. The molecule has 0 saturated carbocycles. The maximum absolute atomic E-state index is 11.9. The van der Waals surface area contributed by atoms with Gasteiger partial charge in [-0.3, -0.25) is 0 Å². The fraction of sp³-hybridized carbons (Fsp3) is 0.846. The molecule has 0 aromatic heterocycles. The van der Waals surface area contributed by atoms with Crippen molar-refractivity contribution in [3.05, 3.63) is 0 Å². The lowest BCUT2D eigenvalue weighted by molar-refractivity contribution is 0.0269. The lowest BCUT2D eigenvalue weighted by atomic mass is 10.2. The number of aliphatic hydroxyl groups is 1. The first-order chi connectivity index (χ1) is 9.08. The van der Waals surface area contributed by atoms with E-state index in [0.29, 0.717) is 0 Å². The normalized spacial score (nSPS) is 22.9. The van der Waals surface area contributed by atoms with E-state index in [1.807, 2.05) is 0 Å². The first kappa shape index (κ1) is 16.6. The minimum atomic E-state index is -0.831. The third-order valence-corrected chi connectivity index (χ3v) is 2.59. The second-order valence-electron chi connectivity index (χ2n) is 6.16. The van der Waals surface area contributed by atoms with Gasteiger partial charge in [0.1, 0.15) is 5.60 Å². The van der Waals surface area contributed by atoms with E-state index < -0.39 is 29.9 Å². The Morgan fingerprint density at radius 1 is 1.30 bits per heavy atom. The summed E-state index contributed by atoms with van der Waals surface area (Å²) >= 11 is 0. The van der Waals surface area contributed by atoms with Gasteiger partial charge < -0.3 is 24.8 Å². The summed E-state index contributed by atoms with van der Waals surface area (Å²) < 4.78 is 10.2. The van der Waals surface area contributed by atoms with E-state index in [2.05, 4.69) is 5.32 Å². The number of aliphatic hydroxyl groups excluding tert-OH is 1. The van der Waals surface area contributed by atoms with Crippen LogP contribution in [-0.4, -0.2) is 59.1 Å². The van der Waals surface area contributed by atoms with Crippen molar-refractivity contribution in [3.8, 4) is 0 Å². The fourth-order valence-corrected chi connectivity index (χ4v) is 1.80. The van der Waals surface area contributed by atoms with Crippen LogP contribution in [0, 0.1) is 0 Å². The van der Waals surface area contributed by atoms with Gasteiger partial charge in [-0.2, -0.15) is 0 Å². The van der Waals surface area contributed by atoms with Gasteiger partial charge in [0.15, 0.2) is 0 Å². The van der Waals surface area contributed by atoms with Crippen molar-refractivity contribution >= 4 is 12.2 Å². The molecule has 0 spiro atoms. The van der Waals surface area contributed by atoms with Crippen LogP contribution < -0.4 is 5.32 Å². The minimum Gasteiger partial charge on any atom is -0.447 e. The first-order valence-electron chi connectivity index (χ1n) is 6.71. The Hall–Kier alpha value is -1.50. The van der Waals surface area contributed by atoms with Crippen molar-refractivity contribution in [2.45, 2.75) is 58.5 Å². The van der Waals surface area contributed by atoms with Crippen LogP contribution in [0.15, 0.2) is 0 Å². The Labute approximate surface area is 119 Å². The highest BCUT2D eigenvalue weighted by Gasteiger charge is 2.37. The highest BCUT2D eigenvalue weighted by Crippen LogP contribution is 2.16. The molecule has 1 aliphatic heterocycles. The first-order valence-corrected chi connectivity index (χ1v) is 6.71. The van der Waals surface area contributed by atoms with Crippen LogP contribution in [0.5, 0.6) is 0 Å². The number of nitrogens with one attached hydrogen (secondary N) is 1. The summed E-state index contributed by atoms with van der Waals surface area (Å²) in [4.78, 5) is 24.7. The number of carbonyl (C=O) groups excluding carboxylic acids is 2. The number of ether oxygens (including phenoxy) is 2. The molecule has 1 fully saturated rings. The van der Waals surface area contributed by atoms with Gasteiger partial charge in [-0.05, 0) is 34.6 Å². The summed E-state index contributed by atoms with van der Waals surface area (Å²) in [6.45, 7) is 9.10. The van der Waals surface area contributed by atoms with E-state index >= 15 is 0 Å². The van der Waals surface area contributed by atoms with Gasteiger partial charge in [0, 0.05) is 6.54 Å². The van der Waals surface area contributed by atoms with Crippen molar-refractivity contribution in [3.63, 3.8) is 0 Å². The molecular weight excluding hydrogens is 264 g/mol. The van der Waals surface area contributed by atoms with Crippen LogP contribution in [-0.2, 0) is 9.47 Å². The largest absolute Gasteiger partial charge is 0.447 e. The molecule has 0 unspecified atom stereocenters. The van der Waals surface area contributed by atoms with Crippen LogP contribution in [0.3, 0.4) is 0 Å². The van der Waals surface area contributed by atoms with Gasteiger partial charge in [0.05, 0.1) is 24.8 Å². The van der Waals surface area contributed by atoms with Crippen molar-refractivity contribution in [1.82, 2.24) is 10.2 Å². The number of likely N-dealkylation sites (tertiary alicyclic amines) is 1. The molecule has 0 aromatic rings. The maximum atomic E-state index is 11.9. The molecule has 0 aromatic carbocycles. The monoisotopic (exact) mass is 288 g/mol. The molecule has 1 heterocycles. The van der Waals surface area contributed by atoms with Crippen LogP contribution in [0.2, 0.25) is 0 Å². The third kappa shape index (κ3) is 5.24. The van der Waals surface area contributed by atoms with Crippen molar-refractivity contribution in [1.29, 1.82) is 0 Å². The van der Waals surface area contributed by atoms with Crippen LogP contribution in [0.1, 0.15) is 34.6 Å². The molecule has 2 N–H and O–H groups in total. The average Bonchev–Trinajstić information content (AvgIpc) is 2.56. The molecule has 1 aliphatic rings. The number of nitrogens with zero attached hydrogens (tertiary/aromatic N) is 1. The molecular formula is C13H24N2O5. The quantitative estimate of drug-likeness (QED) is 0.794. The van der Waals surface area contributed by atoms with E-state index in [1.54, 1.807) is 34.6 Å².